The van der Waals surface area contributed by atoms with Gasteiger partial charge in [0.25, 0.3) is 0 Å². The summed E-state index contributed by atoms with van der Waals surface area (Å²) in [5.41, 5.74) is 1.39. The number of carbonyl (C=O) groups excluding carboxylic acids is 1. The Balaban J connectivity index is 1.96. The molecule has 128 valence electrons. The Bertz CT molecular complexity index is 715. The van der Waals surface area contributed by atoms with Gasteiger partial charge in [0.1, 0.15) is 5.75 Å². The summed E-state index contributed by atoms with van der Waals surface area (Å²) in [4.78, 5) is 12.1. The van der Waals surface area contributed by atoms with E-state index in [9.17, 15) is 4.79 Å². The fourth-order valence-electron chi connectivity index (χ4n) is 2.20. The summed E-state index contributed by atoms with van der Waals surface area (Å²) in [6.07, 6.45) is 0. The molecule has 6 heteroatoms. The van der Waals surface area contributed by atoms with Crippen LogP contribution in [0, 0.1) is 0 Å². The molecule has 24 heavy (non-hydrogen) atoms. The minimum Gasteiger partial charge on any atom is -0.497 e. The molecular weight excluding hydrogens is 347 g/mol. The van der Waals surface area contributed by atoms with Crippen molar-refractivity contribution in [2.75, 3.05) is 19.0 Å². The van der Waals surface area contributed by atoms with Gasteiger partial charge in [0.05, 0.1) is 17.8 Å². The molecule has 0 saturated heterocycles. The van der Waals surface area contributed by atoms with Crippen molar-refractivity contribution in [1.29, 1.82) is 0 Å². The van der Waals surface area contributed by atoms with Crippen molar-refractivity contribution < 1.29 is 9.53 Å². The van der Waals surface area contributed by atoms with Gasteiger partial charge in [-0.3, -0.25) is 0 Å². The highest BCUT2D eigenvalue weighted by molar-refractivity contribution is 6.36. The largest absolute Gasteiger partial charge is 0.497 e. The predicted octanol–water partition coefficient (Wildman–Crippen LogP) is 5.10. The number of rotatable bonds is 5. The Kier molecular flexibility index (Phi) is 5.97. The van der Waals surface area contributed by atoms with Crippen LogP contribution in [0.5, 0.6) is 5.75 Å². The zero-order valence-corrected chi connectivity index (χ0v) is 15.3. The van der Waals surface area contributed by atoms with Crippen molar-refractivity contribution in [2.24, 2.45) is 0 Å². The molecule has 2 rings (SSSR count). The third-order valence-corrected chi connectivity index (χ3v) is 4.29. The van der Waals surface area contributed by atoms with Gasteiger partial charge >= 0.3 is 6.03 Å². The lowest BCUT2D eigenvalue weighted by Crippen LogP contribution is -2.39. The zero-order chi connectivity index (χ0) is 17.7. The topological polar surface area (TPSA) is 50.4 Å². The van der Waals surface area contributed by atoms with Crippen LogP contribution in [0.2, 0.25) is 10.0 Å². The Hall–Kier alpha value is -1.91. The van der Waals surface area contributed by atoms with E-state index >= 15 is 0 Å². The molecule has 0 radical (unpaired) electrons. The van der Waals surface area contributed by atoms with Gasteiger partial charge in [0.2, 0.25) is 0 Å². The molecule has 0 aliphatic carbocycles. The maximum Gasteiger partial charge on any atom is 0.319 e. The van der Waals surface area contributed by atoms with Crippen molar-refractivity contribution in [3.8, 4) is 5.75 Å². The van der Waals surface area contributed by atoms with Gasteiger partial charge in [-0.1, -0.05) is 49.2 Å². The number of hydrogen-bond donors (Lipinski definition) is 2. The lowest BCUT2D eigenvalue weighted by molar-refractivity contribution is 0.249. The number of anilines is 1. The number of halogens is 2. The standard InChI is InChI=1S/C18H20Cl2N2O2/c1-18(2,12-4-7-14(24-3)8-5-12)11-21-17(23)22-16-9-6-13(19)10-15(16)20/h4-10H,11H2,1-3H3,(H2,21,22,23). The fraction of sp³-hybridized carbons (Fsp3) is 0.278. The van der Waals surface area contributed by atoms with Gasteiger partial charge in [0, 0.05) is 17.0 Å². The molecule has 2 N–H and O–H groups in total. The van der Waals surface area contributed by atoms with Crippen molar-refractivity contribution in [2.45, 2.75) is 19.3 Å². The monoisotopic (exact) mass is 366 g/mol. The first kappa shape index (κ1) is 18.4. The summed E-state index contributed by atoms with van der Waals surface area (Å²) < 4.78 is 5.16. The molecule has 4 nitrogen and oxygen atoms in total. The number of carbonyl (C=O) groups is 1. The van der Waals surface area contributed by atoms with Gasteiger partial charge in [-0.2, -0.15) is 0 Å². The van der Waals surface area contributed by atoms with Gasteiger partial charge in [-0.25, -0.2) is 4.79 Å². The van der Waals surface area contributed by atoms with Crippen LogP contribution >= 0.6 is 23.2 Å². The average Bonchev–Trinajstić information content (AvgIpc) is 2.56. The maximum atomic E-state index is 12.1. The van der Waals surface area contributed by atoms with Crippen LogP contribution in [0.3, 0.4) is 0 Å². The second kappa shape index (κ2) is 7.77. The van der Waals surface area contributed by atoms with Gasteiger partial charge in [-0.05, 0) is 35.9 Å². The minimum absolute atomic E-state index is 0.229. The summed E-state index contributed by atoms with van der Waals surface area (Å²) in [6.45, 7) is 4.59. The quantitative estimate of drug-likeness (QED) is 0.772. The smallest absolute Gasteiger partial charge is 0.319 e. The van der Waals surface area contributed by atoms with Gasteiger partial charge in [0.15, 0.2) is 0 Å². The molecule has 0 aliphatic rings. The van der Waals surface area contributed by atoms with Gasteiger partial charge < -0.3 is 15.4 Å². The number of amides is 2. The normalized spacial score (nSPS) is 11.0. The molecule has 0 spiro atoms. The van der Waals surface area contributed by atoms with E-state index in [2.05, 4.69) is 24.5 Å². The first-order chi connectivity index (χ1) is 11.3. The van der Waals surface area contributed by atoms with Crippen LogP contribution in [-0.2, 0) is 5.41 Å². The minimum atomic E-state index is -0.319. The zero-order valence-electron chi connectivity index (χ0n) is 13.8. The van der Waals surface area contributed by atoms with E-state index in [-0.39, 0.29) is 11.4 Å². The predicted molar refractivity (Wildman–Crippen MR) is 99.5 cm³/mol. The third-order valence-electron chi connectivity index (χ3n) is 3.74. The van der Waals surface area contributed by atoms with Crippen LogP contribution in [0.15, 0.2) is 42.5 Å². The Labute approximate surface area is 152 Å². The lowest BCUT2D eigenvalue weighted by atomic mass is 9.84. The first-order valence-electron chi connectivity index (χ1n) is 7.46. The highest BCUT2D eigenvalue weighted by atomic mass is 35.5. The van der Waals surface area contributed by atoms with Crippen molar-refractivity contribution in [1.82, 2.24) is 5.32 Å². The second-order valence-electron chi connectivity index (χ2n) is 6.04. The fourth-order valence-corrected chi connectivity index (χ4v) is 2.66. The number of nitrogens with one attached hydrogen (secondary N) is 2. The molecule has 0 aromatic heterocycles. The summed E-state index contributed by atoms with van der Waals surface area (Å²) in [5, 5.41) is 6.50. The molecule has 2 amide bonds. The van der Waals surface area contributed by atoms with Crippen molar-refractivity contribution in [3.05, 3.63) is 58.1 Å². The highest BCUT2D eigenvalue weighted by Crippen LogP contribution is 2.26. The molecule has 2 aromatic rings. The van der Waals surface area contributed by atoms with Crippen molar-refractivity contribution in [3.63, 3.8) is 0 Å². The van der Waals surface area contributed by atoms with E-state index < -0.39 is 0 Å². The number of benzene rings is 2. The second-order valence-corrected chi connectivity index (χ2v) is 6.89. The van der Waals surface area contributed by atoms with E-state index in [1.54, 1.807) is 25.3 Å². The van der Waals surface area contributed by atoms with Crippen LogP contribution < -0.4 is 15.4 Å². The molecule has 2 aromatic carbocycles. The molecular formula is C18H20Cl2N2O2. The first-order valence-corrected chi connectivity index (χ1v) is 8.22. The number of urea groups is 1. The summed E-state index contributed by atoms with van der Waals surface area (Å²) in [5.74, 6) is 0.803. The average molecular weight is 367 g/mol. The summed E-state index contributed by atoms with van der Waals surface area (Å²) in [7, 11) is 1.63. The number of methoxy groups -OCH3 is 1. The molecule has 0 bridgehead atoms. The van der Waals surface area contributed by atoms with Crippen LogP contribution in [0.1, 0.15) is 19.4 Å². The Morgan fingerprint density at radius 3 is 2.38 bits per heavy atom. The summed E-state index contributed by atoms with van der Waals surface area (Å²) in [6, 6.07) is 12.4. The van der Waals surface area contributed by atoms with E-state index in [1.807, 2.05) is 24.3 Å². The van der Waals surface area contributed by atoms with Crippen molar-refractivity contribution >= 4 is 34.9 Å². The molecule has 0 unspecified atom stereocenters. The van der Waals surface area contributed by atoms with Gasteiger partial charge in [-0.15, -0.1) is 0 Å². The van der Waals surface area contributed by atoms with E-state index in [1.165, 1.54) is 0 Å². The van der Waals surface area contributed by atoms with E-state index in [0.717, 1.165) is 11.3 Å². The lowest BCUT2D eigenvalue weighted by Gasteiger charge is -2.26. The highest BCUT2D eigenvalue weighted by Gasteiger charge is 2.21. The molecule has 0 saturated carbocycles. The third kappa shape index (κ3) is 4.79. The molecule has 0 atom stereocenters. The maximum absolute atomic E-state index is 12.1. The molecule has 0 heterocycles. The van der Waals surface area contributed by atoms with E-state index in [4.69, 9.17) is 27.9 Å². The summed E-state index contributed by atoms with van der Waals surface area (Å²) >= 11 is 11.9. The Morgan fingerprint density at radius 1 is 1.12 bits per heavy atom. The van der Waals surface area contributed by atoms with E-state index in [0.29, 0.717) is 22.3 Å². The SMILES string of the molecule is COc1ccc(C(C)(C)CNC(=O)Nc2ccc(Cl)cc2Cl)cc1. The van der Waals surface area contributed by atoms with Crippen LogP contribution in [0.25, 0.3) is 0 Å². The van der Waals surface area contributed by atoms with Crippen LogP contribution in [-0.4, -0.2) is 19.7 Å². The molecule has 0 fully saturated rings. The number of hydrogen-bond acceptors (Lipinski definition) is 2. The molecule has 0 aliphatic heterocycles. The number of ether oxygens (including phenoxy) is 1. The Morgan fingerprint density at radius 2 is 1.79 bits per heavy atom. The van der Waals surface area contributed by atoms with Crippen LogP contribution in [0.4, 0.5) is 10.5 Å².